The van der Waals surface area contributed by atoms with Crippen molar-refractivity contribution in [2.45, 2.75) is 10.8 Å². The Morgan fingerprint density at radius 1 is 0.311 bits per heavy atom. The maximum atomic E-state index is 5.95. The van der Waals surface area contributed by atoms with E-state index in [-0.39, 0.29) is 10.7 Å². The summed E-state index contributed by atoms with van der Waals surface area (Å²) in [6, 6.07) is 126. The minimum absolute atomic E-state index is 0.280. The molecule has 0 saturated heterocycles. The van der Waals surface area contributed by atoms with Gasteiger partial charge in [-0.1, -0.05) is 328 Å². The number of aromatic amines is 1. The third-order valence-electron chi connectivity index (χ3n) is 21.0. The van der Waals surface area contributed by atoms with E-state index in [4.69, 9.17) is 21.6 Å². The Morgan fingerprint density at radius 3 is 1.25 bits per heavy atom. The van der Waals surface area contributed by atoms with Gasteiger partial charge in [0.05, 0.1) is 59.2 Å². The van der Waals surface area contributed by atoms with Crippen LogP contribution in [0, 0.1) is 0 Å². The summed E-state index contributed by atoms with van der Waals surface area (Å²) in [5.41, 5.74) is 22.9. The Kier molecular flexibility index (Phi) is 14.4. The highest BCUT2D eigenvalue weighted by atomic mass is 35.5. The Labute approximate surface area is 606 Å². The third-order valence-corrected chi connectivity index (χ3v) is 23.7. The quantitative estimate of drug-likeness (QED) is 0.161. The number of hydrogen-bond acceptors (Lipinski definition) is 6. The first-order chi connectivity index (χ1) is 51.0. The van der Waals surface area contributed by atoms with Crippen molar-refractivity contribution >= 4 is 120 Å². The average molecular weight is 1370 g/mol. The number of halogens is 1. The molecule has 0 spiro atoms. The molecule has 6 aromatic heterocycles. The lowest BCUT2D eigenvalue weighted by Crippen LogP contribution is -2.28. The summed E-state index contributed by atoms with van der Waals surface area (Å²) in [4.78, 5) is 25.7. The van der Waals surface area contributed by atoms with Crippen LogP contribution in [0.4, 0.5) is 0 Å². The first-order valence-corrected chi connectivity index (χ1v) is 36.7. The van der Waals surface area contributed by atoms with Crippen LogP contribution in [0.2, 0.25) is 5.28 Å². The van der Waals surface area contributed by atoms with Gasteiger partial charge in [-0.3, -0.25) is 4.57 Å². The summed E-state index contributed by atoms with van der Waals surface area (Å²) in [5.74, 6) is 0.678. The summed E-state index contributed by atoms with van der Waals surface area (Å²) in [5, 5.41) is 9.92. The Hall–Kier alpha value is -12.4. The van der Waals surface area contributed by atoms with E-state index < -0.39 is 5.41 Å². The SMILES string of the molecule is Clc1nc(-c2ccccc2)c2ccccc2n1.c1ccc(-c2nc(-n3c4ccccc4c4ccc5c6c(sc5c43)-c3ccccc3C6(c3ccccc3)c3ccccc3)nc3ccccc23)cc1.c1ccc(C2(c3ccccc3)c3ccccc3-c3sc4c(ccc5c6ccccc6[nH]c54)c32)cc1. The molecule has 1 N–H and O–H groups in total. The smallest absolute Gasteiger partial charge is 0.235 e. The van der Waals surface area contributed by atoms with E-state index in [0.717, 1.165) is 55.4 Å². The molecule has 0 fully saturated rings. The predicted molar refractivity (Wildman–Crippen MR) is 430 cm³/mol. The Morgan fingerprint density at radius 2 is 0.709 bits per heavy atom. The van der Waals surface area contributed by atoms with Crippen molar-refractivity contribution < 1.29 is 0 Å². The highest BCUT2D eigenvalue weighted by Crippen LogP contribution is 2.64. The van der Waals surface area contributed by atoms with Gasteiger partial charge in [-0.15, -0.1) is 22.7 Å². The molecule has 0 aliphatic heterocycles. The maximum Gasteiger partial charge on any atom is 0.235 e. The molecule has 6 heterocycles. The molecule has 0 amide bonds. The number of H-pyrrole nitrogens is 1. The summed E-state index contributed by atoms with van der Waals surface area (Å²) < 4.78 is 4.91. The summed E-state index contributed by atoms with van der Waals surface area (Å²) in [7, 11) is 0. The van der Waals surface area contributed by atoms with Crippen LogP contribution in [0.15, 0.2) is 352 Å². The van der Waals surface area contributed by atoms with Crippen molar-refractivity contribution in [3.63, 3.8) is 0 Å². The van der Waals surface area contributed by atoms with Gasteiger partial charge in [0.2, 0.25) is 11.2 Å². The van der Waals surface area contributed by atoms with Gasteiger partial charge in [0, 0.05) is 69.5 Å². The largest absolute Gasteiger partial charge is 0.353 e. The second kappa shape index (κ2) is 24.4. The molecule has 103 heavy (non-hydrogen) atoms. The molecule has 14 aromatic carbocycles. The van der Waals surface area contributed by atoms with Crippen LogP contribution >= 0.6 is 34.3 Å². The van der Waals surface area contributed by atoms with E-state index in [1.165, 1.54) is 118 Å². The number of fused-ring (bicyclic) bond motifs is 20. The topological polar surface area (TPSA) is 72.3 Å². The lowest BCUT2D eigenvalue weighted by molar-refractivity contribution is 0.776. The number of aromatic nitrogens is 6. The third kappa shape index (κ3) is 9.31. The van der Waals surface area contributed by atoms with Crippen molar-refractivity contribution in [1.29, 1.82) is 0 Å². The molecule has 0 bridgehead atoms. The van der Waals surface area contributed by atoms with Crippen LogP contribution in [-0.2, 0) is 10.8 Å². The van der Waals surface area contributed by atoms with Crippen LogP contribution < -0.4 is 0 Å². The van der Waals surface area contributed by atoms with E-state index in [1.54, 1.807) is 0 Å². The zero-order chi connectivity index (χ0) is 68.2. The second-order valence-electron chi connectivity index (χ2n) is 26.4. The van der Waals surface area contributed by atoms with Crippen LogP contribution in [0.5, 0.6) is 0 Å². The van der Waals surface area contributed by atoms with Gasteiger partial charge in [-0.05, 0) is 91.5 Å². The number of thiophene rings is 2. The van der Waals surface area contributed by atoms with E-state index >= 15 is 0 Å². The lowest BCUT2D eigenvalue weighted by Gasteiger charge is -2.33. The molecular weight excluding hydrogens is 1310 g/mol. The van der Waals surface area contributed by atoms with E-state index in [9.17, 15) is 0 Å². The normalized spacial score (nSPS) is 13.1. The molecule has 0 radical (unpaired) electrons. The van der Waals surface area contributed by atoms with Gasteiger partial charge >= 0.3 is 0 Å². The number of para-hydroxylation sites is 4. The van der Waals surface area contributed by atoms with Crippen molar-refractivity contribution in [3.05, 3.63) is 402 Å². The molecule has 0 unspecified atom stereocenters. The van der Waals surface area contributed by atoms with Gasteiger partial charge in [0.1, 0.15) is 0 Å². The van der Waals surface area contributed by atoms with Crippen molar-refractivity contribution in [1.82, 2.24) is 29.5 Å². The fourth-order valence-electron chi connectivity index (χ4n) is 16.8. The first kappa shape index (κ1) is 60.5. The second-order valence-corrected chi connectivity index (χ2v) is 28.8. The van der Waals surface area contributed by atoms with Gasteiger partial charge in [0.25, 0.3) is 0 Å². The van der Waals surface area contributed by atoms with Crippen molar-refractivity contribution in [2.24, 2.45) is 0 Å². The minimum Gasteiger partial charge on any atom is -0.353 e. The van der Waals surface area contributed by atoms with E-state index in [2.05, 4.69) is 317 Å². The molecule has 2 aliphatic carbocycles. The highest BCUT2D eigenvalue weighted by molar-refractivity contribution is 7.24. The molecule has 484 valence electrons. The van der Waals surface area contributed by atoms with Crippen LogP contribution in [0.25, 0.3) is 135 Å². The van der Waals surface area contributed by atoms with Crippen LogP contribution in [0.1, 0.15) is 44.5 Å². The standard InChI is InChI=1S/C47H29N3S.C33H21NS.C14H9ClN2/c1-4-16-30(17-5-1)42-36-24-11-14-26-39(36)48-46(49-42)50-40-27-15-12-22-33(40)34-28-29-37-41-44(51-45(37)43(34)50)35-23-10-13-25-38(35)47(41,31-18-6-2-7-19-31)32-20-8-3-9-21-32;1-3-11-21(12-4-1)33(22-13-5-2-6-14-22)27-17-9-7-16-25(27)31-29(33)26-20-19-24-23-15-8-10-18-28(23)34-30(24)32(26)35-31;15-14-16-12-9-5-4-8-11(12)13(17-14)10-6-2-1-3-7-10/h1-29H;1-20,34H;1-9H. The van der Waals surface area contributed by atoms with Gasteiger partial charge in [-0.25, -0.2) is 19.9 Å². The van der Waals surface area contributed by atoms with Gasteiger partial charge in [0.15, 0.2) is 0 Å². The molecule has 9 heteroatoms. The van der Waals surface area contributed by atoms with E-state index in [1.807, 2.05) is 77.3 Å². The summed E-state index contributed by atoms with van der Waals surface area (Å²) >= 11 is 9.79. The zero-order valence-electron chi connectivity index (χ0n) is 55.4. The predicted octanol–water partition coefficient (Wildman–Crippen LogP) is 24.8. The molecular formula is C94H59ClN6S2. The Balaban J connectivity index is 0.000000117. The van der Waals surface area contributed by atoms with Crippen LogP contribution in [-0.4, -0.2) is 29.5 Å². The van der Waals surface area contributed by atoms with Crippen LogP contribution in [0.3, 0.4) is 0 Å². The summed E-state index contributed by atoms with van der Waals surface area (Å²) in [6.45, 7) is 0. The Bertz CT molecular complexity index is 6610. The minimum atomic E-state index is -0.475. The summed E-state index contributed by atoms with van der Waals surface area (Å²) in [6.07, 6.45) is 0. The molecule has 0 atom stereocenters. The fraction of sp³-hybridized carbons (Fsp3) is 0.0213. The first-order valence-electron chi connectivity index (χ1n) is 34.7. The number of benzene rings is 14. The van der Waals surface area contributed by atoms with Crippen molar-refractivity contribution in [3.8, 4) is 49.3 Å². The highest BCUT2D eigenvalue weighted by Gasteiger charge is 2.50. The lowest BCUT2D eigenvalue weighted by atomic mass is 9.67. The monoisotopic (exact) mass is 1370 g/mol. The number of hydrogen-bond donors (Lipinski definition) is 1. The molecule has 2 aliphatic rings. The molecule has 20 aromatic rings. The number of nitrogens with zero attached hydrogens (tertiary/aromatic N) is 5. The zero-order valence-corrected chi connectivity index (χ0v) is 57.8. The van der Waals surface area contributed by atoms with Gasteiger partial charge < -0.3 is 4.98 Å². The maximum absolute atomic E-state index is 5.95. The molecule has 22 rings (SSSR count). The average Bonchev–Trinajstić information content (AvgIpc) is 1.52. The van der Waals surface area contributed by atoms with E-state index in [0.29, 0.717) is 5.95 Å². The molecule has 6 nitrogen and oxygen atoms in total. The molecule has 0 saturated carbocycles. The number of rotatable bonds is 7. The van der Waals surface area contributed by atoms with Crippen molar-refractivity contribution in [2.75, 3.05) is 0 Å². The van der Waals surface area contributed by atoms with Gasteiger partial charge in [-0.2, -0.15) is 0 Å². The fourth-order valence-corrected chi connectivity index (χ4v) is 19.8. The number of nitrogens with one attached hydrogen (secondary N) is 1.